The van der Waals surface area contributed by atoms with Crippen LogP contribution in [0.3, 0.4) is 0 Å². The first-order valence-electron chi connectivity index (χ1n) is 13.6. The number of hydrogen-bond acceptors (Lipinski definition) is 5. The molecule has 0 saturated carbocycles. The monoisotopic (exact) mass is 548 g/mol. The highest BCUT2D eigenvalue weighted by atomic mass is 16.2. The van der Waals surface area contributed by atoms with Gasteiger partial charge in [0.2, 0.25) is 5.91 Å². The van der Waals surface area contributed by atoms with Crippen molar-refractivity contribution >= 4 is 23.6 Å². The summed E-state index contributed by atoms with van der Waals surface area (Å²) in [4.78, 5) is 49.7. The first kappa shape index (κ1) is 27.5. The first-order valence-corrected chi connectivity index (χ1v) is 13.6. The summed E-state index contributed by atoms with van der Waals surface area (Å²) in [5.41, 5.74) is 11.2. The van der Waals surface area contributed by atoms with E-state index in [1.54, 1.807) is 12.3 Å². The molecule has 9 nitrogen and oxygen atoms in total. The van der Waals surface area contributed by atoms with Crippen molar-refractivity contribution in [1.29, 1.82) is 0 Å². The molecule has 41 heavy (non-hydrogen) atoms. The number of aromatic nitrogens is 2. The van der Waals surface area contributed by atoms with Crippen molar-refractivity contribution in [3.8, 4) is 0 Å². The van der Waals surface area contributed by atoms with Crippen molar-refractivity contribution in [1.82, 2.24) is 20.6 Å². The highest BCUT2D eigenvalue weighted by Crippen LogP contribution is 2.27. The summed E-state index contributed by atoms with van der Waals surface area (Å²) in [5.74, 6) is -0.463. The molecule has 208 valence electrons. The number of imide groups is 1. The topological polar surface area (TPSA) is 142 Å². The summed E-state index contributed by atoms with van der Waals surface area (Å²) in [6, 6.07) is 14.5. The van der Waals surface area contributed by atoms with E-state index < -0.39 is 12.2 Å². The third kappa shape index (κ3) is 6.75. The maximum Gasteiger partial charge on any atom is 0.318 e. The number of nitrogens with zero attached hydrogens (tertiary/aromatic N) is 2. The van der Waals surface area contributed by atoms with E-state index in [-0.39, 0.29) is 17.7 Å². The average Bonchev–Trinajstić information content (AvgIpc) is 3.23. The molecule has 0 fully saturated rings. The molecule has 2 atom stereocenters. The van der Waals surface area contributed by atoms with Gasteiger partial charge in [0.1, 0.15) is 0 Å². The van der Waals surface area contributed by atoms with Crippen LogP contribution in [0.25, 0.3) is 0 Å². The Bertz CT molecular complexity index is 1580. The Morgan fingerprint density at radius 3 is 2.63 bits per heavy atom. The lowest BCUT2D eigenvalue weighted by atomic mass is 9.82. The molecule has 3 aromatic rings. The molecule has 0 aliphatic heterocycles. The Morgan fingerprint density at radius 2 is 1.88 bits per heavy atom. The van der Waals surface area contributed by atoms with Crippen molar-refractivity contribution in [2.45, 2.75) is 38.8 Å². The van der Waals surface area contributed by atoms with Crippen LogP contribution in [-0.2, 0) is 17.6 Å². The van der Waals surface area contributed by atoms with Gasteiger partial charge in [0.05, 0.1) is 5.71 Å². The summed E-state index contributed by atoms with van der Waals surface area (Å²) in [5, 5.41) is 5.24. The number of primary amides is 1. The maximum atomic E-state index is 13.6. The van der Waals surface area contributed by atoms with Crippen molar-refractivity contribution in [2.75, 3.05) is 0 Å². The fourth-order valence-corrected chi connectivity index (χ4v) is 5.11. The average molecular weight is 549 g/mol. The zero-order valence-electron chi connectivity index (χ0n) is 22.8. The van der Waals surface area contributed by atoms with Crippen LogP contribution in [0.15, 0.2) is 95.7 Å². The molecule has 2 aliphatic carbocycles. The van der Waals surface area contributed by atoms with Crippen LogP contribution < -0.4 is 16.4 Å². The third-order valence-corrected chi connectivity index (χ3v) is 7.17. The predicted octanol–water partition coefficient (Wildman–Crippen LogP) is 4.38. The minimum Gasteiger partial charge on any atom is -0.351 e. The Hall–Kier alpha value is -5.05. The van der Waals surface area contributed by atoms with E-state index in [2.05, 4.69) is 26.7 Å². The molecule has 0 bridgehead atoms. The van der Waals surface area contributed by atoms with E-state index in [1.807, 2.05) is 73.7 Å². The molecular formula is C32H32N6O3. The van der Waals surface area contributed by atoms with Crippen LogP contribution in [0, 0.1) is 12.8 Å². The first-order chi connectivity index (χ1) is 19.9. The van der Waals surface area contributed by atoms with Gasteiger partial charge in [-0.2, -0.15) is 0 Å². The molecule has 2 aromatic carbocycles. The van der Waals surface area contributed by atoms with Crippen LogP contribution in [0.4, 0.5) is 4.79 Å². The summed E-state index contributed by atoms with van der Waals surface area (Å²) in [6.45, 7) is 1.90. The number of rotatable bonds is 7. The van der Waals surface area contributed by atoms with Gasteiger partial charge in [0, 0.05) is 28.9 Å². The van der Waals surface area contributed by atoms with Gasteiger partial charge in [-0.25, -0.2) is 9.78 Å². The van der Waals surface area contributed by atoms with Crippen LogP contribution in [0.5, 0.6) is 0 Å². The number of benzene rings is 2. The van der Waals surface area contributed by atoms with Gasteiger partial charge in [0.15, 0.2) is 12.0 Å². The summed E-state index contributed by atoms with van der Waals surface area (Å²) in [6.07, 6.45) is 13.4. The molecule has 4 amide bonds. The lowest BCUT2D eigenvalue weighted by molar-refractivity contribution is -0.124. The molecule has 1 aromatic heterocycles. The summed E-state index contributed by atoms with van der Waals surface area (Å²) >= 11 is 0. The molecular weight excluding hydrogens is 516 g/mol. The number of H-pyrrole nitrogens is 1. The van der Waals surface area contributed by atoms with Crippen LogP contribution >= 0.6 is 0 Å². The minimum atomic E-state index is -0.851. The van der Waals surface area contributed by atoms with E-state index in [1.165, 1.54) is 0 Å². The Balaban J connectivity index is 1.43. The highest BCUT2D eigenvalue weighted by Gasteiger charge is 2.27. The number of aromatic amines is 1. The number of urea groups is 1. The number of hydrogen-bond donors (Lipinski definition) is 4. The molecule has 9 heteroatoms. The summed E-state index contributed by atoms with van der Waals surface area (Å²) < 4.78 is 0. The zero-order valence-corrected chi connectivity index (χ0v) is 22.8. The number of imidazole rings is 1. The number of nitrogens with one attached hydrogen (secondary N) is 3. The second-order valence-corrected chi connectivity index (χ2v) is 10.2. The van der Waals surface area contributed by atoms with Gasteiger partial charge in [0.25, 0.3) is 5.91 Å². The minimum absolute atomic E-state index is 0.286. The molecule has 0 spiro atoms. The van der Waals surface area contributed by atoms with Gasteiger partial charge in [-0.05, 0) is 61.4 Å². The molecule has 5 N–H and O–H groups in total. The highest BCUT2D eigenvalue weighted by molar-refractivity contribution is 6.13. The van der Waals surface area contributed by atoms with E-state index in [0.29, 0.717) is 37.1 Å². The Morgan fingerprint density at radius 1 is 1.05 bits per heavy atom. The SMILES string of the molecule is Cc1cnc(C(/N=C(\C2=CC=CC=CC2)c2ccccc2)NC(=O)c2ccc3c(c2)CCC(C(=O)NC(N)=O)C3)[nH]1. The van der Waals surface area contributed by atoms with Crippen LogP contribution in [0.2, 0.25) is 0 Å². The molecule has 0 saturated heterocycles. The lowest BCUT2D eigenvalue weighted by Gasteiger charge is -2.24. The quantitative estimate of drug-likeness (QED) is 0.325. The number of aliphatic imine (C=N–C) groups is 1. The van der Waals surface area contributed by atoms with Crippen LogP contribution in [-0.4, -0.2) is 33.5 Å². The number of aryl methyl sites for hydroxylation is 2. The number of carbonyl (C=O) groups is 3. The lowest BCUT2D eigenvalue weighted by Crippen LogP contribution is -2.40. The number of allylic oxidation sites excluding steroid dienone is 6. The van der Waals surface area contributed by atoms with Gasteiger partial charge in [-0.15, -0.1) is 0 Å². The predicted molar refractivity (Wildman–Crippen MR) is 157 cm³/mol. The summed E-state index contributed by atoms with van der Waals surface area (Å²) in [7, 11) is 0. The smallest absolute Gasteiger partial charge is 0.318 e. The molecule has 2 unspecified atom stereocenters. The van der Waals surface area contributed by atoms with Gasteiger partial charge >= 0.3 is 6.03 Å². The largest absolute Gasteiger partial charge is 0.351 e. The van der Waals surface area contributed by atoms with E-state index >= 15 is 0 Å². The Labute approximate surface area is 238 Å². The third-order valence-electron chi connectivity index (χ3n) is 7.17. The van der Waals surface area contributed by atoms with Crippen LogP contribution in [0.1, 0.15) is 57.6 Å². The number of fused-ring (bicyclic) bond motifs is 1. The van der Waals surface area contributed by atoms with E-state index in [4.69, 9.17) is 10.7 Å². The van der Waals surface area contributed by atoms with Gasteiger partial charge in [-0.3, -0.25) is 19.9 Å². The standard InChI is InChI=1S/C32H32N6O3/c1-20-19-34-28(35-20)29(36-27(22-11-7-4-8-12-22)21-9-5-2-3-6-10-21)37-30(39)25-15-13-24-18-26(16-14-23(24)17-25)31(40)38-32(33)41/h2-9,11-13,15,17,19,26,29H,10,14,16,18H2,1H3,(H,34,35)(H,37,39)(H3,33,38,40,41)/b36-27+. The Kier molecular flexibility index (Phi) is 8.34. The number of nitrogens with two attached hydrogens (primary N) is 1. The van der Waals surface area contributed by atoms with E-state index in [0.717, 1.165) is 33.7 Å². The number of carbonyl (C=O) groups excluding carboxylic acids is 3. The number of amides is 4. The molecule has 2 aliphatic rings. The fourth-order valence-electron chi connectivity index (χ4n) is 5.11. The van der Waals surface area contributed by atoms with Gasteiger partial charge < -0.3 is 16.0 Å². The normalized spacial score (nSPS) is 17.1. The fraction of sp³-hybridized carbons (Fsp3) is 0.219. The van der Waals surface area contributed by atoms with Crippen molar-refractivity contribution in [2.24, 2.45) is 16.6 Å². The van der Waals surface area contributed by atoms with Crippen molar-refractivity contribution in [3.05, 3.63) is 124 Å². The van der Waals surface area contributed by atoms with E-state index in [9.17, 15) is 14.4 Å². The second-order valence-electron chi connectivity index (χ2n) is 10.2. The van der Waals surface area contributed by atoms with Crippen molar-refractivity contribution < 1.29 is 14.4 Å². The molecule has 5 rings (SSSR count). The zero-order chi connectivity index (χ0) is 28.8. The van der Waals surface area contributed by atoms with Gasteiger partial charge in [-0.1, -0.05) is 66.8 Å². The maximum absolute atomic E-state index is 13.6. The molecule has 0 radical (unpaired) electrons. The van der Waals surface area contributed by atoms with Crippen molar-refractivity contribution in [3.63, 3.8) is 0 Å². The second kappa shape index (κ2) is 12.4. The molecule has 1 heterocycles.